The molecule has 1 saturated carbocycles. The van der Waals surface area contributed by atoms with Crippen LogP contribution in [-0.4, -0.2) is 29.9 Å². The number of methoxy groups -OCH3 is 1. The average molecular weight is 417 g/mol. The zero-order valence-electron chi connectivity index (χ0n) is 16.7. The largest absolute Gasteiger partial charge is 0.496 e. The van der Waals surface area contributed by atoms with Crippen LogP contribution in [0.1, 0.15) is 33.8 Å². The summed E-state index contributed by atoms with van der Waals surface area (Å²) in [6.45, 7) is 0. The zero-order chi connectivity index (χ0) is 21.5. The molecule has 1 aliphatic carbocycles. The highest BCUT2D eigenvalue weighted by Gasteiger charge is 2.25. The molecule has 0 bridgehead atoms. The third-order valence-electron chi connectivity index (χ3n) is 5.14. The van der Waals surface area contributed by atoms with Crippen LogP contribution >= 0.6 is 0 Å². The molecular formula is C23H19N3O5. The van der Waals surface area contributed by atoms with Crippen molar-refractivity contribution in [3.63, 3.8) is 0 Å². The van der Waals surface area contributed by atoms with Gasteiger partial charge in [0.2, 0.25) is 0 Å². The number of nitrogens with two attached hydrogens (primary N) is 1. The van der Waals surface area contributed by atoms with Crippen LogP contribution in [0.5, 0.6) is 17.2 Å². The molecule has 1 aliphatic rings. The van der Waals surface area contributed by atoms with Crippen LogP contribution in [0.2, 0.25) is 0 Å². The summed E-state index contributed by atoms with van der Waals surface area (Å²) in [6, 6.07) is 12.2. The number of nitrogens with one attached hydrogen (secondary N) is 1. The second-order valence-corrected chi connectivity index (χ2v) is 7.40. The molecule has 4 aromatic rings. The number of ether oxygens (including phenoxy) is 2. The molecule has 2 aromatic heterocycles. The van der Waals surface area contributed by atoms with E-state index in [0.717, 1.165) is 18.2 Å². The number of benzene rings is 2. The fraction of sp³-hybridized carbons (Fsp3) is 0.174. The first-order valence-electron chi connectivity index (χ1n) is 9.80. The molecule has 0 atom stereocenters. The molecule has 0 aliphatic heterocycles. The van der Waals surface area contributed by atoms with Crippen molar-refractivity contribution >= 4 is 33.7 Å². The monoisotopic (exact) mass is 417 g/mol. The number of hydrogen-bond acceptors (Lipinski definition) is 6. The summed E-state index contributed by atoms with van der Waals surface area (Å²) in [5.74, 6) is 0.851. The Kier molecular flexibility index (Phi) is 4.47. The number of hydrogen-bond donors (Lipinski definition) is 2. The molecular weight excluding hydrogens is 398 g/mol. The number of carbonyl (C=O) groups excluding carboxylic acids is 2. The normalized spacial score (nSPS) is 13.3. The van der Waals surface area contributed by atoms with Gasteiger partial charge in [-0.25, -0.2) is 0 Å². The van der Waals surface area contributed by atoms with Crippen LogP contribution in [0.3, 0.4) is 0 Å². The van der Waals surface area contributed by atoms with Gasteiger partial charge in [0.15, 0.2) is 5.76 Å². The van der Waals surface area contributed by atoms with Gasteiger partial charge in [-0.1, -0.05) is 0 Å². The molecule has 8 nitrogen and oxygen atoms in total. The van der Waals surface area contributed by atoms with E-state index in [9.17, 15) is 9.59 Å². The maximum absolute atomic E-state index is 12.2. The van der Waals surface area contributed by atoms with Gasteiger partial charge < -0.3 is 24.9 Å². The number of primary amides is 1. The first-order valence-corrected chi connectivity index (χ1v) is 9.80. The Bertz CT molecular complexity index is 1340. The van der Waals surface area contributed by atoms with Gasteiger partial charge in [-0.05, 0) is 49.2 Å². The highest BCUT2D eigenvalue weighted by atomic mass is 16.5. The van der Waals surface area contributed by atoms with Crippen LogP contribution in [-0.2, 0) is 0 Å². The van der Waals surface area contributed by atoms with Crippen molar-refractivity contribution in [2.75, 3.05) is 7.11 Å². The predicted molar refractivity (Wildman–Crippen MR) is 114 cm³/mol. The van der Waals surface area contributed by atoms with Crippen LogP contribution in [0.4, 0.5) is 0 Å². The number of aromatic nitrogens is 1. The lowest BCUT2D eigenvalue weighted by Gasteiger charge is -2.11. The Morgan fingerprint density at radius 3 is 2.71 bits per heavy atom. The Hall–Kier alpha value is -4.07. The number of pyridine rings is 1. The maximum atomic E-state index is 12.2. The molecule has 31 heavy (non-hydrogen) atoms. The lowest BCUT2D eigenvalue weighted by atomic mass is 10.1. The van der Waals surface area contributed by atoms with Gasteiger partial charge in [-0.15, -0.1) is 0 Å². The van der Waals surface area contributed by atoms with Crippen molar-refractivity contribution < 1.29 is 23.5 Å². The van der Waals surface area contributed by atoms with Crippen LogP contribution in [0.15, 0.2) is 53.1 Å². The molecule has 0 saturated heterocycles. The lowest BCUT2D eigenvalue weighted by Crippen LogP contribution is -2.24. The van der Waals surface area contributed by atoms with E-state index in [1.165, 1.54) is 7.11 Å². The van der Waals surface area contributed by atoms with Gasteiger partial charge in [0.25, 0.3) is 11.8 Å². The quantitative estimate of drug-likeness (QED) is 0.493. The smallest absolute Gasteiger partial charge is 0.287 e. The number of rotatable bonds is 6. The van der Waals surface area contributed by atoms with Crippen LogP contribution in [0, 0.1) is 0 Å². The van der Waals surface area contributed by atoms with E-state index in [1.807, 2.05) is 0 Å². The average Bonchev–Trinajstić information content (AvgIpc) is 3.47. The molecule has 1 fully saturated rings. The molecule has 0 spiro atoms. The fourth-order valence-electron chi connectivity index (χ4n) is 3.41. The van der Waals surface area contributed by atoms with E-state index in [-0.39, 0.29) is 23.3 Å². The SMILES string of the molecule is COc1cc2nccc(Oc3ccc4oc(C(=O)NC5CC5)cc4c3)c2cc1C(N)=O. The highest BCUT2D eigenvalue weighted by molar-refractivity contribution is 6.01. The molecule has 8 heteroatoms. The third-order valence-corrected chi connectivity index (χ3v) is 5.14. The predicted octanol–water partition coefficient (Wildman–Crippen LogP) is 3.77. The molecule has 2 aromatic carbocycles. The number of furan rings is 1. The number of fused-ring (bicyclic) bond motifs is 2. The van der Waals surface area contributed by atoms with Crippen molar-refractivity contribution in [2.45, 2.75) is 18.9 Å². The van der Waals surface area contributed by atoms with Crippen LogP contribution < -0.4 is 20.5 Å². The summed E-state index contributed by atoms with van der Waals surface area (Å²) in [4.78, 5) is 28.4. The van der Waals surface area contributed by atoms with E-state index in [4.69, 9.17) is 19.6 Å². The van der Waals surface area contributed by atoms with Crippen molar-refractivity contribution in [1.82, 2.24) is 10.3 Å². The van der Waals surface area contributed by atoms with Gasteiger partial charge in [-0.2, -0.15) is 0 Å². The van der Waals surface area contributed by atoms with Gasteiger partial charge in [-0.3, -0.25) is 14.6 Å². The number of nitrogens with zero attached hydrogens (tertiary/aromatic N) is 1. The summed E-state index contributed by atoms with van der Waals surface area (Å²) in [7, 11) is 1.47. The Balaban J connectivity index is 1.49. The minimum absolute atomic E-state index is 0.214. The minimum Gasteiger partial charge on any atom is -0.496 e. The van der Waals surface area contributed by atoms with E-state index in [2.05, 4.69) is 10.3 Å². The summed E-state index contributed by atoms with van der Waals surface area (Å²) in [5, 5.41) is 4.28. The van der Waals surface area contributed by atoms with Crippen LogP contribution in [0.25, 0.3) is 21.9 Å². The Morgan fingerprint density at radius 2 is 1.97 bits per heavy atom. The summed E-state index contributed by atoms with van der Waals surface area (Å²) in [5.41, 5.74) is 6.91. The molecule has 156 valence electrons. The molecule has 0 radical (unpaired) electrons. The van der Waals surface area contributed by atoms with Gasteiger partial charge >= 0.3 is 0 Å². The van der Waals surface area contributed by atoms with Crippen molar-refractivity contribution in [1.29, 1.82) is 0 Å². The zero-order valence-corrected chi connectivity index (χ0v) is 16.7. The van der Waals surface area contributed by atoms with Gasteiger partial charge in [0.1, 0.15) is 22.8 Å². The highest BCUT2D eigenvalue weighted by Crippen LogP contribution is 2.34. The topological polar surface area (TPSA) is 117 Å². The Morgan fingerprint density at radius 1 is 1.13 bits per heavy atom. The molecule has 2 amide bonds. The number of carbonyl (C=O) groups is 2. The molecule has 5 rings (SSSR count). The molecule has 3 N–H and O–H groups in total. The first kappa shape index (κ1) is 18.9. The second kappa shape index (κ2) is 7.32. The van der Waals surface area contributed by atoms with E-state index < -0.39 is 5.91 Å². The van der Waals surface area contributed by atoms with E-state index in [0.29, 0.717) is 33.7 Å². The van der Waals surface area contributed by atoms with Crippen molar-refractivity contribution in [3.8, 4) is 17.2 Å². The minimum atomic E-state index is -0.606. The maximum Gasteiger partial charge on any atom is 0.287 e. The summed E-state index contributed by atoms with van der Waals surface area (Å²) < 4.78 is 17.0. The van der Waals surface area contributed by atoms with E-state index >= 15 is 0 Å². The summed E-state index contributed by atoms with van der Waals surface area (Å²) in [6.07, 6.45) is 3.62. The Labute approximate surface area is 176 Å². The van der Waals surface area contributed by atoms with Crippen molar-refractivity contribution in [3.05, 3.63) is 60.0 Å². The third kappa shape index (κ3) is 3.63. The lowest BCUT2D eigenvalue weighted by molar-refractivity contribution is 0.0924. The van der Waals surface area contributed by atoms with Gasteiger partial charge in [0.05, 0.1) is 18.2 Å². The first-order chi connectivity index (χ1) is 15.0. The molecule has 2 heterocycles. The van der Waals surface area contributed by atoms with E-state index in [1.54, 1.807) is 48.7 Å². The summed E-state index contributed by atoms with van der Waals surface area (Å²) >= 11 is 0. The second-order valence-electron chi connectivity index (χ2n) is 7.40. The van der Waals surface area contributed by atoms with Gasteiger partial charge in [0, 0.05) is 29.1 Å². The number of amides is 2. The standard InChI is InChI=1S/C23H19N3O5/c1-29-20-11-17-15(10-16(20)22(24)27)19(6-7-25-17)30-14-4-5-18-12(8-14)9-21(31-18)23(28)26-13-2-3-13/h4-11,13H,2-3H2,1H3,(H2,24,27)(H,26,28). The molecule has 0 unspecified atom stereocenters. The van der Waals surface area contributed by atoms with Crippen molar-refractivity contribution in [2.24, 2.45) is 5.73 Å². The fourth-order valence-corrected chi connectivity index (χ4v) is 3.41.